The van der Waals surface area contributed by atoms with E-state index in [1.54, 1.807) is 11.3 Å². The number of rotatable bonds is 8. The lowest BCUT2D eigenvalue weighted by Gasteiger charge is -2.29. The zero-order valence-electron chi connectivity index (χ0n) is 13.7. The van der Waals surface area contributed by atoms with E-state index in [1.165, 1.54) is 18.1 Å². The summed E-state index contributed by atoms with van der Waals surface area (Å²) >= 11 is 1.69. The molecule has 0 aliphatic rings. The molecule has 2 rings (SSSR count). The van der Waals surface area contributed by atoms with Gasteiger partial charge in [-0.3, -0.25) is 9.69 Å². The van der Waals surface area contributed by atoms with Gasteiger partial charge in [-0.1, -0.05) is 19.1 Å². The molecule has 0 unspecified atom stereocenters. The highest BCUT2D eigenvalue weighted by molar-refractivity contribution is 7.07. The first kappa shape index (κ1) is 17.7. The average Bonchev–Trinajstić information content (AvgIpc) is 3.03. The Morgan fingerprint density at radius 1 is 1.22 bits per heavy atom. The molecular formula is C18H24N2O2S. The van der Waals surface area contributed by atoms with Crippen molar-refractivity contribution in [3.8, 4) is 0 Å². The molecular weight excluding hydrogens is 308 g/mol. The molecule has 5 heteroatoms. The summed E-state index contributed by atoms with van der Waals surface area (Å²) in [5, 5.41) is 16.7. The van der Waals surface area contributed by atoms with Gasteiger partial charge in [-0.15, -0.1) is 0 Å². The van der Waals surface area contributed by atoms with Crippen molar-refractivity contribution in [2.24, 2.45) is 0 Å². The molecule has 0 radical (unpaired) electrons. The van der Waals surface area contributed by atoms with E-state index in [4.69, 9.17) is 0 Å². The van der Waals surface area contributed by atoms with Crippen LogP contribution in [0.2, 0.25) is 0 Å². The van der Waals surface area contributed by atoms with Crippen LogP contribution in [0.5, 0.6) is 0 Å². The standard InChI is InChI=1S/C18H24N2O2S/c1-3-18(12-21)20(11-16-8-9-23-13-16)10-15-4-6-17(7-5-15)19-14(2)22/h4-9,13,18,21H,3,10-12H2,1-2H3,(H,19,22)/t18-/m0/s1. The van der Waals surface area contributed by atoms with Gasteiger partial charge in [0.25, 0.3) is 0 Å². The summed E-state index contributed by atoms with van der Waals surface area (Å²) in [6.07, 6.45) is 0.907. The highest BCUT2D eigenvalue weighted by atomic mass is 32.1. The summed E-state index contributed by atoms with van der Waals surface area (Å²) in [5.41, 5.74) is 3.25. The molecule has 0 bridgehead atoms. The van der Waals surface area contributed by atoms with Crippen LogP contribution in [-0.2, 0) is 17.9 Å². The van der Waals surface area contributed by atoms with Crippen molar-refractivity contribution in [1.29, 1.82) is 0 Å². The van der Waals surface area contributed by atoms with E-state index in [1.807, 2.05) is 24.3 Å². The third-order valence-electron chi connectivity index (χ3n) is 3.82. The van der Waals surface area contributed by atoms with E-state index in [9.17, 15) is 9.90 Å². The first-order chi connectivity index (χ1) is 11.1. The number of thiophene rings is 1. The molecule has 4 nitrogen and oxygen atoms in total. The second kappa shape index (κ2) is 8.82. The molecule has 0 fully saturated rings. The Kier molecular flexibility index (Phi) is 6.77. The number of hydrogen-bond donors (Lipinski definition) is 2. The number of benzene rings is 1. The number of aliphatic hydroxyl groups excluding tert-OH is 1. The normalized spacial score (nSPS) is 12.3. The van der Waals surface area contributed by atoms with Gasteiger partial charge in [-0.05, 0) is 46.5 Å². The number of hydrogen-bond acceptors (Lipinski definition) is 4. The van der Waals surface area contributed by atoms with Crippen molar-refractivity contribution in [3.63, 3.8) is 0 Å². The molecule has 23 heavy (non-hydrogen) atoms. The molecule has 2 aromatic rings. The zero-order chi connectivity index (χ0) is 16.7. The number of amides is 1. The third-order valence-corrected chi connectivity index (χ3v) is 4.56. The van der Waals surface area contributed by atoms with E-state index < -0.39 is 0 Å². The van der Waals surface area contributed by atoms with Crippen molar-refractivity contribution in [2.45, 2.75) is 39.4 Å². The van der Waals surface area contributed by atoms with Crippen molar-refractivity contribution >= 4 is 22.9 Å². The molecule has 2 N–H and O–H groups in total. The van der Waals surface area contributed by atoms with Crippen LogP contribution in [0.1, 0.15) is 31.4 Å². The first-order valence-electron chi connectivity index (χ1n) is 7.85. The molecule has 0 saturated heterocycles. The number of carbonyl (C=O) groups is 1. The topological polar surface area (TPSA) is 52.6 Å². The minimum absolute atomic E-state index is 0.0665. The molecule has 1 aromatic heterocycles. The summed E-state index contributed by atoms with van der Waals surface area (Å²) in [6.45, 7) is 5.36. The fraction of sp³-hybridized carbons (Fsp3) is 0.389. The van der Waals surface area contributed by atoms with E-state index in [2.05, 4.69) is 34.0 Å². The van der Waals surface area contributed by atoms with E-state index >= 15 is 0 Å². The molecule has 1 heterocycles. The largest absolute Gasteiger partial charge is 0.395 e. The van der Waals surface area contributed by atoms with Crippen molar-refractivity contribution in [1.82, 2.24) is 4.90 Å². The predicted molar refractivity (Wildman–Crippen MR) is 95.5 cm³/mol. The lowest BCUT2D eigenvalue weighted by Crippen LogP contribution is -2.36. The Bertz CT molecular complexity index is 592. The maximum Gasteiger partial charge on any atom is 0.221 e. The van der Waals surface area contributed by atoms with Crippen LogP contribution >= 0.6 is 11.3 Å². The van der Waals surface area contributed by atoms with Crippen LogP contribution in [-0.4, -0.2) is 28.6 Å². The van der Waals surface area contributed by atoms with Crippen molar-refractivity contribution in [2.75, 3.05) is 11.9 Å². The molecule has 0 aliphatic carbocycles. The lowest BCUT2D eigenvalue weighted by molar-refractivity contribution is -0.114. The highest BCUT2D eigenvalue weighted by Crippen LogP contribution is 2.18. The van der Waals surface area contributed by atoms with Crippen LogP contribution in [0, 0.1) is 0 Å². The van der Waals surface area contributed by atoms with Gasteiger partial charge in [0.2, 0.25) is 5.91 Å². The van der Waals surface area contributed by atoms with E-state index in [0.717, 1.165) is 25.2 Å². The third kappa shape index (κ3) is 5.46. The Balaban J connectivity index is 2.08. The highest BCUT2D eigenvalue weighted by Gasteiger charge is 2.17. The molecule has 0 aliphatic heterocycles. The Hall–Kier alpha value is -1.69. The van der Waals surface area contributed by atoms with Gasteiger partial charge in [0.05, 0.1) is 6.61 Å². The average molecular weight is 332 g/mol. The maximum absolute atomic E-state index is 11.1. The van der Waals surface area contributed by atoms with Gasteiger partial charge < -0.3 is 10.4 Å². The maximum atomic E-state index is 11.1. The fourth-order valence-corrected chi connectivity index (χ4v) is 3.23. The number of nitrogens with one attached hydrogen (secondary N) is 1. The van der Waals surface area contributed by atoms with Gasteiger partial charge in [0.15, 0.2) is 0 Å². The Morgan fingerprint density at radius 2 is 1.91 bits per heavy atom. The number of nitrogens with zero attached hydrogens (tertiary/aromatic N) is 1. The molecule has 0 saturated carbocycles. The molecule has 1 atom stereocenters. The lowest BCUT2D eigenvalue weighted by atomic mass is 10.1. The van der Waals surface area contributed by atoms with Crippen LogP contribution in [0.4, 0.5) is 5.69 Å². The summed E-state index contributed by atoms with van der Waals surface area (Å²) in [7, 11) is 0. The van der Waals surface area contributed by atoms with Crippen LogP contribution in [0.25, 0.3) is 0 Å². The monoisotopic (exact) mass is 332 g/mol. The minimum Gasteiger partial charge on any atom is -0.395 e. The SMILES string of the molecule is CC[C@@H](CO)N(Cc1ccc(NC(C)=O)cc1)Cc1ccsc1. The predicted octanol–water partition coefficient (Wildman–Crippen LogP) is 3.48. The zero-order valence-corrected chi connectivity index (χ0v) is 14.5. The molecule has 0 spiro atoms. The first-order valence-corrected chi connectivity index (χ1v) is 8.79. The van der Waals surface area contributed by atoms with Gasteiger partial charge in [-0.2, -0.15) is 11.3 Å². The number of anilines is 1. The summed E-state index contributed by atoms with van der Waals surface area (Å²) in [6, 6.07) is 10.1. The summed E-state index contributed by atoms with van der Waals surface area (Å²) in [4.78, 5) is 13.4. The van der Waals surface area contributed by atoms with Gasteiger partial charge in [0.1, 0.15) is 0 Å². The molecule has 1 aromatic carbocycles. The summed E-state index contributed by atoms with van der Waals surface area (Å²) < 4.78 is 0. The quantitative estimate of drug-likeness (QED) is 0.778. The Morgan fingerprint density at radius 3 is 2.43 bits per heavy atom. The number of carbonyl (C=O) groups excluding carboxylic acids is 1. The molecule has 1 amide bonds. The van der Waals surface area contributed by atoms with Gasteiger partial charge in [-0.25, -0.2) is 0 Å². The van der Waals surface area contributed by atoms with E-state index in [-0.39, 0.29) is 18.6 Å². The second-order valence-electron chi connectivity index (χ2n) is 5.66. The smallest absolute Gasteiger partial charge is 0.221 e. The minimum atomic E-state index is -0.0665. The molecule has 124 valence electrons. The fourth-order valence-electron chi connectivity index (χ4n) is 2.57. The van der Waals surface area contributed by atoms with Crippen molar-refractivity contribution < 1.29 is 9.90 Å². The Labute approximate surface area is 141 Å². The van der Waals surface area contributed by atoms with Crippen LogP contribution < -0.4 is 5.32 Å². The second-order valence-corrected chi connectivity index (χ2v) is 6.44. The number of aliphatic hydroxyl groups is 1. The van der Waals surface area contributed by atoms with Gasteiger partial charge >= 0.3 is 0 Å². The van der Waals surface area contributed by atoms with E-state index in [0.29, 0.717) is 0 Å². The van der Waals surface area contributed by atoms with Crippen molar-refractivity contribution in [3.05, 3.63) is 52.2 Å². The summed E-state index contributed by atoms with van der Waals surface area (Å²) in [5.74, 6) is -0.0665. The van der Waals surface area contributed by atoms with Gasteiger partial charge in [0, 0.05) is 31.7 Å². The van der Waals surface area contributed by atoms with Crippen LogP contribution in [0.15, 0.2) is 41.1 Å². The van der Waals surface area contributed by atoms with Crippen LogP contribution in [0.3, 0.4) is 0 Å².